The molecule has 0 fully saturated rings. The van der Waals surface area contributed by atoms with Gasteiger partial charge in [0.05, 0.1) is 6.04 Å². The van der Waals surface area contributed by atoms with Gasteiger partial charge in [0.1, 0.15) is 5.75 Å². The lowest BCUT2D eigenvalue weighted by atomic mass is 10.1. The number of aromatic nitrogens is 4. The van der Waals surface area contributed by atoms with Crippen LogP contribution in [0.3, 0.4) is 0 Å². The summed E-state index contributed by atoms with van der Waals surface area (Å²) in [5, 5.41) is 13.1. The molecule has 1 unspecified atom stereocenters. The van der Waals surface area contributed by atoms with E-state index >= 15 is 0 Å². The maximum absolute atomic E-state index is 11.9. The molecule has 3 N–H and O–H groups in total. The zero-order chi connectivity index (χ0) is 12.3. The highest BCUT2D eigenvalue weighted by molar-refractivity contribution is 5.31. The van der Waals surface area contributed by atoms with Crippen molar-refractivity contribution in [3.63, 3.8) is 0 Å². The zero-order valence-electron chi connectivity index (χ0n) is 8.55. The van der Waals surface area contributed by atoms with Crippen LogP contribution in [-0.4, -0.2) is 27.2 Å². The highest BCUT2D eigenvalue weighted by Gasteiger charge is 2.13. The Morgan fingerprint density at radius 3 is 2.47 bits per heavy atom. The van der Waals surface area contributed by atoms with Gasteiger partial charge in [-0.15, -0.1) is 10.2 Å². The molecule has 8 heteroatoms. The number of H-pyrrole nitrogens is 1. The van der Waals surface area contributed by atoms with Crippen molar-refractivity contribution in [2.45, 2.75) is 12.7 Å². The SMILES string of the molecule is NC(c1ccc(OC(F)F)cc1)c1nn[nH]n1. The molecule has 1 aromatic heterocycles. The number of benzene rings is 1. The third-order valence-electron chi connectivity index (χ3n) is 2.10. The fraction of sp³-hybridized carbons (Fsp3) is 0.222. The predicted octanol–water partition coefficient (Wildman–Crippen LogP) is 0.849. The van der Waals surface area contributed by atoms with Gasteiger partial charge in [0, 0.05) is 0 Å². The Bertz CT molecular complexity index is 459. The molecular formula is C9H9F2N5O. The molecule has 2 aromatic rings. The molecule has 0 amide bonds. The minimum atomic E-state index is -2.84. The summed E-state index contributed by atoms with van der Waals surface area (Å²) in [6.07, 6.45) is 0. The van der Waals surface area contributed by atoms with E-state index in [0.717, 1.165) is 0 Å². The summed E-state index contributed by atoms with van der Waals surface area (Å²) in [7, 11) is 0. The van der Waals surface area contributed by atoms with Crippen LogP contribution in [0, 0.1) is 0 Å². The molecule has 0 radical (unpaired) electrons. The molecule has 0 saturated carbocycles. The minimum Gasteiger partial charge on any atom is -0.435 e. The van der Waals surface area contributed by atoms with E-state index < -0.39 is 12.7 Å². The van der Waals surface area contributed by atoms with Crippen LogP contribution in [0.15, 0.2) is 24.3 Å². The van der Waals surface area contributed by atoms with Crippen molar-refractivity contribution >= 4 is 0 Å². The number of nitrogens with two attached hydrogens (primary N) is 1. The molecule has 0 spiro atoms. The number of hydrogen-bond donors (Lipinski definition) is 2. The Morgan fingerprint density at radius 2 is 1.94 bits per heavy atom. The summed E-state index contributed by atoms with van der Waals surface area (Å²) in [6, 6.07) is 5.38. The van der Waals surface area contributed by atoms with Gasteiger partial charge in [0.2, 0.25) is 0 Å². The fourth-order valence-electron chi connectivity index (χ4n) is 1.31. The van der Waals surface area contributed by atoms with Crippen molar-refractivity contribution in [1.29, 1.82) is 0 Å². The molecule has 2 rings (SSSR count). The Morgan fingerprint density at radius 1 is 1.24 bits per heavy atom. The average molecular weight is 241 g/mol. The topological polar surface area (TPSA) is 89.7 Å². The van der Waals surface area contributed by atoms with E-state index in [2.05, 4.69) is 25.4 Å². The van der Waals surface area contributed by atoms with Gasteiger partial charge in [-0.2, -0.15) is 14.0 Å². The molecule has 1 aromatic carbocycles. The van der Waals surface area contributed by atoms with Gasteiger partial charge < -0.3 is 10.5 Å². The highest BCUT2D eigenvalue weighted by atomic mass is 19.3. The number of ether oxygens (including phenoxy) is 1. The summed E-state index contributed by atoms with van der Waals surface area (Å²) in [4.78, 5) is 0. The molecule has 0 aliphatic heterocycles. The number of nitrogens with one attached hydrogen (secondary N) is 1. The minimum absolute atomic E-state index is 0.0732. The lowest BCUT2D eigenvalue weighted by Crippen LogP contribution is -2.13. The number of aromatic amines is 1. The second-order valence-corrected chi connectivity index (χ2v) is 3.20. The van der Waals surface area contributed by atoms with E-state index in [1.807, 2.05) is 0 Å². The van der Waals surface area contributed by atoms with Crippen LogP contribution in [0.25, 0.3) is 0 Å². The lowest BCUT2D eigenvalue weighted by Gasteiger charge is -2.09. The van der Waals surface area contributed by atoms with E-state index in [1.165, 1.54) is 12.1 Å². The molecule has 1 atom stereocenters. The molecule has 0 aliphatic carbocycles. The van der Waals surface area contributed by atoms with Crippen LogP contribution in [0.2, 0.25) is 0 Å². The quantitative estimate of drug-likeness (QED) is 0.828. The molecule has 1 heterocycles. The molecule has 0 aliphatic rings. The Kier molecular flexibility index (Phi) is 3.24. The Hall–Kier alpha value is -2.09. The number of hydrogen-bond acceptors (Lipinski definition) is 5. The maximum atomic E-state index is 11.9. The largest absolute Gasteiger partial charge is 0.435 e. The number of halogens is 2. The number of alkyl halides is 2. The molecule has 0 bridgehead atoms. The van der Waals surface area contributed by atoms with Crippen LogP contribution in [-0.2, 0) is 0 Å². The van der Waals surface area contributed by atoms with Gasteiger partial charge in [0.15, 0.2) is 5.82 Å². The Balaban J connectivity index is 2.12. The van der Waals surface area contributed by atoms with Gasteiger partial charge in [-0.25, -0.2) is 0 Å². The Labute approximate surface area is 94.8 Å². The molecule has 6 nitrogen and oxygen atoms in total. The van der Waals surface area contributed by atoms with Gasteiger partial charge in [0.25, 0.3) is 0 Å². The monoisotopic (exact) mass is 241 g/mol. The number of tetrazole rings is 1. The van der Waals surface area contributed by atoms with Crippen LogP contribution < -0.4 is 10.5 Å². The molecule has 17 heavy (non-hydrogen) atoms. The first-order chi connectivity index (χ1) is 8.16. The highest BCUT2D eigenvalue weighted by Crippen LogP contribution is 2.20. The molecular weight excluding hydrogens is 232 g/mol. The van der Waals surface area contributed by atoms with E-state index in [1.54, 1.807) is 12.1 Å². The van der Waals surface area contributed by atoms with Gasteiger partial charge in [-0.3, -0.25) is 0 Å². The zero-order valence-corrected chi connectivity index (χ0v) is 8.55. The predicted molar refractivity (Wildman–Crippen MR) is 53.3 cm³/mol. The summed E-state index contributed by atoms with van der Waals surface area (Å²) >= 11 is 0. The summed E-state index contributed by atoms with van der Waals surface area (Å²) < 4.78 is 28.1. The maximum Gasteiger partial charge on any atom is 0.387 e. The molecule has 90 valence electrons. The average Bonchev–Trinajstić information content (AvgIpc) is 2.82. The molecule has 0 saturated heterocycles. The first-order valence-electron chi connectivity index (χ1n) is 4.70. The summed E-state index contributed by atoms with van der Waals surface area (Å²) in [6.45, 7) is -2.84. The third-order valence-corrected chi connectivity index (χ3v) is 2.10. The van der Waals surface area contributed by atoms with Gasteiger partial charge >= 0.3 is 6.61 Å². The van der Waals surface area contributed by atoms with Crippen LogP contribution >= 0.6 is 0 Å². The third kappa shape index (κ3) is 2.72. The first-order valence-corrected chi connectivity index (χ1v) is 4.70. The summed E-state index contributed by atoms with van der Waals surface area (Å²) in [5.74, 6) is 0.400. The van der Waals surface area contributed by atoms with E-state index in [4.69, 9.17) is 5.73 Å². The number of rotatable bonds is 4. The van der Waals surface area contributed by atoms with E-state index in [-0.39, 0.29) is 5.75 Å². The van der Waals surface area contributed by atoms with Crippen molar-refractivity contribution in [3.8, 4) is 5.75 Å². The lowest BCUT2D eigenvalue weighted by molar-refractivity contribution is -0.0498. The van der Waals surface area contributed by atoms with Crippen LogP contribution in [0.4, 0.5) is 8.78 Å². The van der Waals surface area contributed by atoms with E-state index in [0.29, 0.717) is 11.4 Å². The summed E-state index contributed by atoms with van der Waals surface area (Å²) in [5.41, 5.74) is 6.51. The van der Waals surface area contributed by atoms with Gasteiger partial charge in [-0.05, 0) is 17.7 Å². The normalized spacial score (nSPS) is 12.7. The van der Waals surface area contributed by atoms with Crippen molar-refractivity contribution < 1.29 is 13.5 Å². The van der Waals surface area contributed by atoms with Crippen LogP contribution in [0.1, 0.15) is 17.4 Å². The first kappa shape index (κ1) is 11.4. The second kappa shape index (κ2) is 4.83. The van der Waals surface area contributed by atoms with Gasteiger partial charge in [-0.1, -0.05) is 17.3 Å². The van der Waals surface area contributed by atoms with E-state index in [9.17, 15) is 8.78 Å². The van der Waals surface area contributed by atoms with Crippen molar-refractivity contribution in [2.24, 2.45) is 5.73 Å². The standard InChI is InChI=1S/C9H9F2N5O/c10-9(11)17-6-3-1-5(2-4-6)7(12)8-13-15-16-14-8/h1-4,7,9H,12H2,(H,13,14,15,16). The van der Waals surface area contributed by atoms with Crippen LogP contribution in [0.5, 0.6) is 5.75 Å². The smallest absolute Gasteiger partial charge is 0.387 e. The fourth-order valence-corrected chi connectivity index (χ4v) is 1.31. The van der Waals surface area contributed by atoms with Crippen molar-refractivity contribution in [2.75, 3.05) is 0 Å². The van der Waals surface area contributed by atoms with Crippen molar-refractivity contribution in [3.05, 3.63) is 35.7 Å². The van der Waals surface area contributed by atoms with Crippen molar-refractivity contribution in [1.82, 2.24) is 20.6 Å². The second-order valence-electron chi connectivity index (χ2n) is 3.20. The number of nitrogens with zero attached hydrogens (tertiary/aromatic N) is 3.